The van der Waals surface area contributed by atoms with E-state index in [4.69, 9.17) is 5.11 Å². The van der Waals surface area contributed by atoms with Crippen LogP contribution in [-0.2, 0) is 4.79 Å². The average molecular weight is 271 g/mol. The third-order valence-corrected chi connectivity index (χ3v) is 3.98. The number of amides is 2. The maximum Gasteiger partial charge on any atom is 0.337 e. The Labute approximate surface area is 112 Å². The lowest BCUT2D eigenvalue weighted by Gasteiger charge is -2.23. The van der Waals surface area contributed by atoms with Crippen LogP contribution in [0.2, 0.25) is 0 Å². The highest BCUT2D eigenvalue weighted by Crippen LogP contribution is 2.27. The summed E-state index contributed by atoms with van der Waals surface area (Å²) < 4.78 is 0. The van der Waals surface area contributed by atoms with Crippen molar-refractivity contribution in [1.82, 2.24) is 15.5 Å². The Hall–Kier alpha value is -1.34. The number of aliphatic hydroxyl groups is 1. The summed E-state index contributed by atoms with van der Waals surface area (Å²) in [6.07, 6.45) is 3.18. The summed E-state index contributed by atoms with van der Waals surface area (Å²) in [5.41, 5.74) is -1.94. The number of carbonyl (C=O) groups is 2. The molecule has 2 aliphatic heterocycles. The standard InChI is InChI=1S/C12H21N3O4/c1-12(19,10(16)17)7-13-11(18)14-8-4-6-15-5-2-3-9(8)15/h8-9,19H,2-7H2,1H3,(H,16,17)(H2,13,14,18). The van der Waals surface area contributed by atoms with Crippen LogP contribution < -0.4 is 10.6 Å². The van der Waals surface area contributed by atoms with Crippen molar-refractivity contribution in [1.29, 1.82) is 0 Å². The van der Waals surface area contributed by atoms with Crippen LogP contribution in [0, 0.1) is 0 Å². The fourth-order valence-corrected chi connectivity index (χ4v) is 2.80. The molecule has 2 rings (SSSR count). The predicted octanol–water partition coefficient (Wildman–Crippen LogP) is -0.642. The molecule has 0 aromatic heterocycles. The van der Waals surface area contributed by atoms with Gasteiger partial charge >= 0.3 is 12.0 Å². The van der Waals surface area contributed by atoms with Crippen LogP contribution in [0.25, 0.3) is 0 Å². The van der Waals surface area contributed by atoms with Crippen LogP contribution in [0.1, 0.15) is 26.2 Å². The first kappa shape index (κ1) is 14.1. The molecule has 3 atom stereocenters. The molecular weight excluding hydrogens is 250 g/mol. The fourth-order valence-electron chi connectivity index (χ4n) is 2.80. The molecule has 2 heterocycles. The van der Waals surface area contributed by atoms with E-state index in [1.165, 1.54) is 0 Å². The molecule has 0 saturated carbocycles. The molecule has 2 amide bonds. The van der Waals surface area contributed by atoms with Gasteiger partial charge in [-0.15, -0.1) is 0 Å². The van der Waals surface area contributed by atoms with Gasteiger partial charge in [0.25, 0.3) is 0 Å². The molecule has 19 heavy (non-hydrogen) atoms. The number of carbonyl (C=O) groups excluding carboxylic acids is 1. The molecule has 2 fully saturated rings. The van der Waals surface area contributed by atoms with Crippen LogP contribution in [0.15, 0.2) is 0 Å². The minimum absolute atomic E-state index is 0.122. The Kier molecular flexibility index (Phi) is 3.96. The fraction of sp³-hybridized carbons (Fsp3) is 0.833. The highest BCUT2D eigenvalue weighted by molar-refractivity contribution is 5.79. The third kappa shape index (κ3) is 3.16. The van der Waals surface area contributed by atoms with Gasteiger partial charge in [0.2, 0.25) is 0 Å². The lowest BCUT2D eigenvalue weighted by atomic mass is 10.1. The number of urea groups is 1. The molecule has 108 valence electrons. The number of aliphatic carboxylic acids is 1. The predicted molar refractivity (Wildman–Crippen MR) is 67.8 cm³/mol. The van der Waals surface area contributed by atoms with E-state index in [0.717, 1.165) is 39.3 Å². The molecule has 0 bridgehead atoms. The van der Waals surface area contributed by atoms with E-state index < -0.39 is 17.6 Å². The quantitative estimate of drug-likeness (QED) is 0.544. The Morgan fingerprint density at radius 1 is 1.37 bits per heavy atom. The third-order valence-electron chi connectivity index (χ3n) is 3.98. The van der Waals surface area contributed by atoms with Crippen molar-refractivity contribution in [2.45, 2.75) is 43.9 Å². The van der Waals surface area contributed by atoms with Gasteiger partial charge in [0.05, 0.1) is 6.54 Å². The van der Waals surface area contributed by atoms with Crippen LogP contribution >= 0.6 is 0 Å². The summed E-state index contributed by atoms with van der Waals surface area (Å²) >= 11 is 0. The van der Waals surface area contributed by atoms with Crippen molar-refractivity contribution in [2.75, 3.05) is 19.6 Å². The first-order chi connectivity index (χ1) is 8.90. The van der Waals surface area contributed by atoms with Gasteiger partial charge in [0.1, 0.15) is 0 Å². The van der Waals surface area contributed by atoms with Gasteiger partial charge in [0.15, 0.2) is 5.60 Å². The van der Waals surface area contributed by atoms with Gasteiger partial charge in [-0.2, -0.15) is 0 Å². The zero-order chi connectivity index (χ0) is 14.0. The minimum atomic E-state index is -1.94. The summed E-state index contributed by atoms with van der Waals surface area (Å²) in [6, 6.07) is 0.114. The van der Waals surface area contributed by atoms with Gasteiger partial charge in [-0.1, -0.05) is 0 Å². The molecule has 2 aliphatic rings. The van der Waals surface area contributed by atoms with Crippen molar-refractivity contribution in [2.24, 2.45) is 0 Å². The van der Waals surface area contributed by atoms with Crippen molar-refractivity contribution in [3.63, 3.8) is 0 Å². The van der Waals surface area contributed by atoms with Crippen molar-refractivity contribution >= 4 is 12.0 Å². The van der Waals surface area contributed by atoms with E-state index in [1.807, 2.05) is 0 Å². The SMILES string of the molecule is CC(O)(CNC(=O)NC1CCN2CCCC12)C(=O)O. The van der Waals surface area contributed by atoms with E-state index in [1.54, 1.807) is 0 Å². The lowest BCUT2D eigenvalue weighted by molar-refractivity contribution is -0.155. The van der Waals surface area contributed by atoms with E-state index in [0.29, 0.717) is 6.04 Å². The highest BCUT2D eigenvalue weighted by atomic mass is 16.4. The first-order valence-corrected chi connectivity index (χ1v) is 6.64. The zero-order valence-corrected chi connectivity index (χ0v) is 11.1. The largest absolute Gasteiger partial charge is 0.479 e. The van der Waals surface area contributed by atoms with E-state index in [-0.39, 0.29) is 12.6 Å². The van der Waals surface area contributed by atoms with Crippen LogP contribution in [-0.4, -0.2) is 64.4 Å². The van der Waals surface area contributed by atoms with Gasteiger partial charge in [-0.25, -0.2) is 9.59 Å². The maximum absolute atomic E-state index is 11.7. The molecule has 0 aromatic carbocycles. The molecular formula is C12H21N3O4. The Balaban J connectivity index is 1.77. The molecule has 0 aromatic rings. The number of hydrogen-bond donors (Lipinski definition) is 4. The smallest absolute Gasteiger partial charge is 0.337 e. The molecule has 7 heteroatoms. The van der Waals surface area contributed by atoms with Crippen LogP contribution in [0.4, 0.5) is 4.79 Å². The van der Waals surface area contributed by atoms with Gasteiger partial charge < -0.3 is 20.8 Å². The second-order valence-electron chi connectivity index (χ2n) is 5.55. The van der Waals surface area contributed by atoms with E-state index >= 15 is 0 Å². The maximum atomic E-state index is 11.7. The highest BCUT2D eigenvalue weighted by Gasteiger charge is 2.38. The topological polar surface area (TPSA) is 102 Å². The summed E-state index contributed by atoms with van der Waals surface area (Å²) in [6.45, 7) is 2.94. The van der Waals surface area contributed by atoms with E-state index in [9.17, 15) is 14.7 Å². The Bertz CT molecular complexity index is 372. The summed E-state index contributed by atoms with van der Waals surface area (Å²) in [5, 5.41) is 23.5. The second kappa shape index (κ2) is 5.34. The molecule has 4 N–H and O–H groups in total. The molecule has 2 saturated heterocycles. The number of fused-ring (bicyclic) bond motifs is 1. The summed E-state index contributed by atoms with van der Waals surface area (Å²) in [5.74, 6) is -1.35. The average Bonchev–Trinajstić information content (AvgIpc) is 2.91. The van der Waals surface area contributed by atoms with E-state index in [2.05, 4.69) is 15.5 Å². The molecule has 3 unspecified atom stereocenters. The number of carboxylic acid groups (broad SMARTS) is 1. The summed E-state index contributed by atoms with van der Waals surface area (Å²) in [7, 11) is 0. The Morgan fingerprint density at radius 2 is 2.11 bits per heavy atom. The van der Waals surface area contributed by atoms with Crippen LogP contribution in [0.5, 0.6) is 0 Å². The lowest BCUT2D eigenvalue weighted by Crippen LogP contribution is -2.52. The molecule has 0 radical (unpaired) electrons. The number of nitrogens with zero attached hydrogens (tertiary/aromatic N) is 1. The van der Waals surface area contributed by atoms with Crippen molar-refractivity contribution in [3.8, 4) is 0 Å². The van der Waals surface area contributed by atoms with Gasteiger partial charge in [0, 0.05) is 18.6 Å². The minimum Gasteiger partial charge on any atom is -0.479 e. The Morgan fingerprint density at radius 3 is 2.79 bits per heavy atom. The molecule has 0 spiro atoms. The zero-order valence-electron chi connectivity index (χ0n) is 11.1. The van der Waals surface area contributed by atoms with Gasteiger partial charge in [-0.3, -0.25) is 4.90 Å². The molecule has 0 aliphatic carbocycles. The normalized spacial score (nSPS) is 29.6. The van der Waals surface area contributed by atoms with Crippen molar-refractivity contribution < 1.29 is 19.8 Å². The molecule has 7 nitrogen and oxygen atoms in total. The number of carboxylic acids is 1. The second-order valence-corrected chi connectivity index (χ2v) is 5.55. The van der Waals surface area contributed by atoms with Crippen molar-refractivity contribution in [3.05, 3.63) is 0 Å². The number of rotatable bonds is 4. The first-order valence-electron chi connectivity index (χ1n) is 6.64. The van der Waals surface area contributed by atoms with Crippen LogP contribution in [0.3, 0.4) is 0 Å². The monoisotopic (exact) mass is 271 g/mol. The number of nitrogens with one attached hydrogen (secondary N) is 2. The summed E-state index contributed by atoms with van der Waals surface area (Å²) in [4.78, 5) is 24.8. The van der Waals surface area contributed by atoms with Gasteiger partial charge in [-0.05, 0) is 32.7 Å². The number of hydrogen-bond acceptors (Lipinski definition) is 4.